The molecule has 0 atom stereocenters. The van der Waals surface area contributed by atoms with E-state index in [1.807, 2.05) is 6.92 Å². The number of nitro benzene ring substituents is 1. The van der Waals surface area contributed by atoms with E-state index < -0.39 is 22.3 Å². The molecule has 0 aliphatic heterocycles. The van der Waals surface area contributed by atoms with Crippen molar-refractivity contribution >= 4 is 11.6 Å². The molecule has 1 aromatic rings. The van der Waals surface area contributed by atoms with Gasteiger partial charge in [0.25, 0.3) is 11.6 Å². The van der Waals surface area contributed by atoms with Gasteiger partial charge in [0.15, 0.2) is 0 Å². The van der Waals surface area contributed by atoms with Gasteiger partial charge in [0.05, 0.1) is 11.0 Å². The van der Waals surface area contributed by atoms with Crippen LogP contribution in [-0.2, 0) is 0 Å². The van der Waals surface area contributed by atoms with Crippen LogP contribution in [0.5, 0.6) is 0 Å². The number of hydrogen-bond acceptors (Lipinski definition) is 4. The van der Waals surface area contributed by atoms with Crippen molar-refractivity contribution in [3.63, 3.8) is 0 Å². The number of nitrogens with one attached hydrogen (secondary N) is 2. The Labute approximate surface area is 110 Å². The molecule has 6 nitrogen and oxygen atoms in total. The van der Waals surface area contributed by atoms with E-state index in [0.29, 0.717) is 6.54 Å². The highest BCUT2D eigenvalue weighted by atomic mass is 19.1. The minimum atomic E-state index is -0.799. The number of amides is 1. The van der Waals surface area contributed by atoms with E-state index in [9.17, 15) is 19.3 Å². The second-order valence-electron chi connectivity index (χ2n) is 3.92. The number of carbonyl (C=O) groups is 1. The first-order chi connectivity index (χ1) is 9.04. The van der Waals surface area contributed by atoms with Crippen LogP contribution in [0.1, 0.15) is 23.7 Å². The number of hydrogen-bond donors (Lipinski definition) is 2. The lowest BCUT2D eigenvalue weighted by Gasteiger charge is -2.05. The quantitative estimate of drug-likeness (QED) is 0.446. The van der Waals surface area contributed by atoms with E-state index in [2.05, 4.69) is 10.6 Å². The van der Waals surface area contributed by atoms with Gasteiger partial charge >= 0.3 is 0 Å². The van der Waals surface area contributed by atoms with Gasteiger partial charge in [-0.05, 0) is 25.6 Å². The molecule has 0 spiro atoms. The van der Waals surface area contributed by atoms with Gasteiger partial charge in [-0.25, -0.2) is 4.39 Å². The third kappa shape index (κ3) is 5.01. The van der Waals surface area contributed by atoms with Gasteiger partial charge in [0.1, 0.15) is 5.82 Å². The molecule has 0 aliphatic rings. The van der Waals surface area contributed by atoms with Crippen molar-refractivity contribution < 1.29 is 14.1 Å². The van der Waals surface area contributed by atoms with Crippen molar-refractivity contribution in [2.24, 2.45) is 0 Å². The van der Waals surface area contributed by atoms with Crippen LogP contribution in [0.2, 0.25) is 0 Å². The smallest absolute Gasteiger partial charge is 0.273 e. The molecule has 0 aliphatic carbocycles. The summed E-state index contributed by atoms with van der Waals surface area (Å²) in [7, 11) is 0. The van der Waals surface area contributed by atoms with Crippen LogP contribution >= 0.6 is 0 Å². The summed E-state index contributed by atoms with van der Waals surface area (Å²) in [5.74, 6) is -1.31. The van der Waals surface area contributed by atoms with Crippen LogP contribution in [0.15, 0.2) is 18.2 Å². The molecular weight excluding hydrogens is 253 g/mol. The number of rotatable bonds is 7. The monoisotopic (exact) mass is 269 g/mol. The number of benzene rings is 1. The van der Waals surface area contributed by atoms with Gasteiger partial charge in [0.2, 0.25) is 0 Å². The first-order valence-corrected chi connectivity index (χ1v) is 5.98. The summed E-state index contributed by atoms with van der Waals surface area (Å²) < 4.78 is 13.1. The zero-order valence-electron chi connectivity index (χ0n) is 10.6. The topological polar surface area (TPSA) is 84.3 Å². The number of nitro groups is 1. The fraction of sp³-hybridized carbons (Fsp3) is 0.417. The molecule has 0 fully saturated rings. The molecule has 1 amide bonds. The molecule has 1 aromatic carbocycles. The van der Waals surface area contributed by atoms with Crippen LogP contribution in [0.3, 0.4) is 0 Å². The van der Waals surface area contributed by atoms with Gasteiger partial charge in [-0.2, -0.15) is 0 Å². The standard InChI is InChI=1S/C12H16FN3O3/c1-2-14-4-3-5-15-12(17)9-6-10(13)8-11(7-9)16(18)19/h6-8,14H,2-5H2,1H3,(H,15,17). The summed E-state index contributed by atoms with van der Waals surface area (Å²) in [5.41, 5.74) is -0.479. The highest BCUT2D eigenvalue weighted by molar-refractivity contribution is 5.94. The summed E-state index contributed by atoms with van der Waals surface area (Å²) in [6.07, 6.45) is 0.733. The molecule has 1 rings (SSSR count). The molecule has 0 saturated carbocycles. The average molecular weight is 269 g/mol. The third-order valence-corrected chi connectivity index (χ3v) is 2.42. The molecule has 19 heavy (non-hydrogen) atoms. The Morgan fingerprint density at radius 3 is 2.74 bits per heavy atom. The number of non-ortho nitro benzene ring substituents is 1. The van der Waals surface area contributed by atoms with Crippen molar-refractivity contribution in [3.05, 3.63) is 39.7 Å². The lowest BCUT2D eigenvalue weighted by molar-refractivity contribution is -0.385. The maximum absolute atomic E-state index is 13.1. The van der Waals surface area contributed by atoms with E-state index in [4.69, 9.17) is 0 Å². The molecular formula is C12H16FN3O3. The normalized spacial score (nSPS) is 10.2. The van der Waals surface area contributed by atoms with E-state index in [0.717, 1.165) is 37.7 Å². The van der Waals surface area contributed by atoms with Crippen molar-refractivity contribution in [2.45, 2.75) is 13.3 Å². The van der Waals surface area contributed by atoms with E-state index in [1.165, 1.54) is 0 Å². The lowest BCUT2D eigenvalue weighted by Crippen LogP contribution is -2.27. The van der Waals surface area contributed by atoms with Crippen LogP contribution < -0.4 is 10.6 Å². The van der Waals surface area contributed by atoms with Crippen LogP contribution in [0.25, 0.3) is 0 Å². The van der Waals surface area contributed by atoms with Crippen LogP contribution in [-0.4, -0.2) is 30.5 Å². The summed E-state index contributed by atoms with van der Waals surface area (Å²) in [5, 5.41) is 16.2. The van der Waals surface area contributed by atoms with Gasteiger partial charge in [-0.1, -0.05) is 6.92 Å². The molecule has 104 valence electrons. The maximum atomic E-state index is 13.1. The SMILES string of the molecule is CCNCCCNC(=O)c1cc(F)cc([N+](=O)[O-])c1. The molecule has 7 heteroatoms. The first-order valence-electron chi connectivity index (χ1n) is 5.98. The van der Waals surface area contributed by atoms with E-state index in [-0.39, 0.29) is 5.56 Å². The van der Waals surface area contributed by atoms with Gasteiger partial charge in [0, 0.05) is 18.2 Å². The summed E-state index contributed by atoms with van der Waals surface area (Å²) in [6.45, 7) is 4.02. The molecule has 0 bridgehead atoms. The Balaban J connectivity index is 2.59. The van der Waals surface area contributed by atoms with Crippen molar-refractivity contribution in [1.29, 1.82) is 0 Å². The van der Waals surface area contributed by atoms with Crippen molar-refractivity contribution in [1.82, 2.24) is 10.6 Å². The highest BCUT2D eigenvalue weighted by Gasteiger charge is 2.14. The fourth-order valence-corrected chi connectivity index (χ4v) is 1.50. The predicted octanol–water partition coefficient (Wildman–Crippen LogP) is 1.46. The molecule has 2 N–H and O–H groups in total. The Kier molecular flexibility index (Phi) is 5.87. The Morgan fingerprint density at radius 1 is 1.37 bits per heavy atom. The lowest BCUT2D eigenvalue weighted by atomic mass is 10.2. The number of halogens is 1. The Hall–Kier alpha value is -2.02. The average Bonchev–Trinajstić information content (AvgIpc) is 2.37. The zero-order chi connectivity index (χ0) is 14.3. The zero-order valence-corrected chi connectivity index (χ0v) is 10.6. The van der Waals surface area contributed by atoms with Gasteiger partial charge in [-0.3, -0.25) is 14.9 Å². The minimum Gasteiger partial charge on any atom is -0.352 e. The molecule has 0 saturated heterocycles. The third-order valence-electron chi connectivity index (χ3n) is 2.42. The largest absolute Gasteiger partial charge is 0.352 e. The minimum absolute atomic E-state index is 0.0462. The summed E-state index contributed by atoms with van der Waals surface area (Å²) in [4.78, 5) is 21.5. The maximum Gasteiger partial charge on any atom is 0.273 e. The fourth-order valence-electron chi connectivity index (χ4n) is 1.50. The molecule has 0 radical (unpaired) electrons. The van der Waals surface area contributed by atoms with Crippen molar-refractivity contribution in [2.75, 3.05) is 19.6 Å². The number of nitrogens with zero attached hydrogens (tertiary/aromatic N) is 1. The predicted molar refractivity (Wildman–Crippen MR) is 68.5 cm³/mol. The second-order valence-corrected chi connectivity index (χ2v) is 3.92. The Bertz CT molecular complexity index is 466. The van der Waals surface area contributed by atoms with Crippen LogP contribution in [0.4, 0.5) is 10.1 Å². The second kappa shape index (κ2) is 7.42. The molecule has 0 heterocycles. The molecule has 0 aromatic heterocycles. The number of carbonyl (C=O) groups excluding carboxylic acids is 1. The van der Waals surface area contributed by atoms with E-state index >= 15 is 0 Å². The summed E-state index contributed by atoms with van der Waals surface area (Å²) in [6, 6.07) is 2.82. The molecule has 0 unspecified atom stereocenters. The highest BCUT2D eigenvalue weighted by Crippen LogP contribution is 2.16. The summed E-state index contributed by atoms with van der Waals surface area (Å²) >= 11 is 0. The van der Waals surface area contributed by atoms with E-state index in [1.54, 1.807) is 0 Å². The van der Waals surface area contributed by atoms with Crippen LogP contribution in [0, 0.1) is 15.9 Å². The Morgan fingerprint density at radius 2 is 2.11 bits per heavy atom. The van der Waals surface area contributed by atoms with Crippen molar-refractivity contribution in [3.8, 4) is 0 Å². The van der Waals surface area contributed by atoms with Gasteiger partial charge in [-0.15, -0.1) is 0 Å². The van der Waals surface area contributed by atoms with Gasteiger partial charge < -0.3 is 10.6 Å². The first kappa shape index (κ1) is 15.0.